The molecule has 0 aliphatic carbocycles. The molecule has 2 amide bonds. The van der Waals surface area contributed by atoms with Crippen molar-refractivity contribution in [1.82, 2.24) is 11.1 Å². The highest BCUT2D eigenvalue weighted by Crippen LogP contribution is 2.24. The summed E-state index contributed by atoms with van der Waals surface area (Å²) < 4.78 is 0. The smallest absolute Gasteiger partial charge is 0.321 e. The van der Waals surface area contributed by atoms with E-state index >= 15 is 0 Å². The standard InChI is InChI=1S/C9H10Cl2N2O.H3N/c1-13(2)9(14)12-6-3-4-7(10)8(11)5-6;/h3-5H,1-2H3,(H,12,14);1H3. The van der Waals surface area contributed by atoms with Gasteiger partial charge in [-0.1, -0.05) is 23.2 Å². The number of nitrogens with zero attached hydrogens (tertiary/aromatic N) is 1. The van der Waals surface area contributed by atoms with Crippen LogP contribution >= 0.6 is 23.2 Å². The molecule has 6 heteroatoms. The third-order valence-corrected chi connectivity index (χ3v) is 2.32. The summed E-state index contributed by atoms with van der Waals surface area (Å²) in [6, 6.07) is 4.72. The van der Waals surface area contributed by atoms with Crippen molar-refractivity contribution < 1.29 is 4.79 Å². The summed E-state index contributed by atoms with van der Waals surface area (Å²) in [5.41, 5.74) is 0.623. The van der Waals surface area contributed by atoms with Crippen molar-refractivity contribution in [3.8, 4) is 0 Å². The number of urea groups is 1. The lowest BCUT2D eigenvalue weighted by Crippen LogP contribution is -2.27. The number of nitrogens with one attached hydrogen (secondary N) is 1. The van der Waals surface area contributed by atoms with Crippen LogP contribution in [0.15, 0.2) is 18.2 Å². The monoisotopic (exact) mass is 249 g/mol. The average Bonchev–Trinajstić information content (AvgIpc) is 2.11. The van der Waals surface area contributed by atoms with Crippen LogP contribution in [0.2, 0.25) is 10.0 Å². The van der Waals surface area contributed by atoms with Gasteiger partial charge in [0.2, 0.25) is 0 Å². The normalized spacial score (nSPS) is 9.07. The number of hydrogen-bond acceptors (Lipinski definition) is 2. The van der Waals surface area contributed by atoms with E-state index in [1.54, 1.807) is 32.3 Å². The van der Waals surface area contributed by atoms with Crippen molar-refractivity contribution in [2.75, 3.05) is 19.4 Å². The molecule has 0 saturated carbocycles. The molecular formula is C9H13Cl2N3O. The van der Waals surface area contributed by atoms with Crippen molar-refractivity contribution in [3.63, 3.8) is 0 Å². The molecule has 4 N–H and O–H groups in total. The number of hydrogen-bond donors (Lipinski definition) is 2. The topological polar surface area (TPSA) is 67.3 Å². The Morgan fingerprint density at radius 2 is 1.87 bits per heavy atom. The molecule has 0 heterocycles. The van der Waals surface area contributed by atoms with Gasteiger partial charge in [0.25, 0.3) is 0 Å². The van der Waals surface area contributed by atoms with Crippen molar-refractivity contribution in [1.29, 1.82) is 0 Å². The first-order valence-corrected chi connectivity index (χ1v) is 4.69. The Kier molecular flexibility index (Phi) is 5.43. The number of amides is 2. The predicted molar refractivity (Wildman–Crippen MR) is 64.2 cm³/mol. The lowest BCUT2D eigenvalue weighted by atomic mass is 10.3. The van der Waals surface area contributed by atoms with Gasteiger partial charge in [0.15, 0.2) is 0 Å². The lowest BCUT2D eigenvalue weighted by molar-refractivity contribution is 0.230. The predicted octanol–water partition coefficient (Wildman–Crippen LogP) is 3.25. The van der Waals surface area contributed by atoms with Crippen LogP contribution < -0.4 is 11.5 Å². The Labute approximate surface area is 98.7 Å². The molecular weight excluding hydrogens is 237 g/mol. The molecule has 84 valence electrons. The first kappa shape index (κ1) is 14.0. The van der Waals surface area contributed by atoms with Crippen molar-refractivity contribution in [3.05, 3.63) is 28.2 Å². The molecule has 0 aliphatic rings. The van der Waals surface area contributed by atoms with Crippen LogP contribution in [0.1, 0.15) is 0 Å². The molecule has 1 aromatic carbocycles. The third-order valence-electron chi connectivity index (χ3n) is 1.58. The molecule has 4 nitrogen and oxygen atoms in total. The van der Waals surface area contributed by atoms with E-state index in [2.05, 4.69) is 5.32 Å². The summed E-state index contributed by atoms with van der Waals surface area (Å²) >= 11 is 11.5. The summed E-state index contributed by atoms with van der Waals surface area (Å²) in [6.07, 6.45) is 0. The summed E-state index contributed by atoms with van der Waals surface area (Å²) in [7, 11) is 3.32. The molecule has 1 aromatic rings. The maximum absolute atomic E-state index is 11.2. The van der Waals surface area contributed by atoms with E-state index in [-0.39, 0.29) is 12.2 Å². The van der Waals surface area contributed by atoms with Gasteiger partial charge in [-0.05, 0) is 18.2 Å². The zero-order valence-electron chi connectivity index (χ0n) is 8.55. The number of benzene rings is 1. The summed E-state index contributed by atoms with van der Waals surface area (Å²) in [5, 5.41) is 3.54. The molecule has 0 spiro atoms. The van der Waals surface area contributed by atoms with E-state index < -0.39 is 0 Å². The van der Waals surface area contributed by atoms with Crippen LogP contribution in [-0.4, -0.2) is 25.0 Å². The Morgan fingerprint density at radius 3 is 2.33 bits per heavy atom. The van der Waals surface area contributed by atoms with Crippen molar-refractivity contribution in [2.24, 2.45) is 0 Å². The minimum Gasteiger partial charge on any atom is -0.344 e. The zero-order valence-corrected chi connectivity index (χ0v) is 10.1. The highest BCUT2D eigenvalue weighted by molar-refractivity contribution is 6.42. The van der Waals surface area contributed by atoms with Gasteiger partial charge in [-0.25, -0.2) is 4.79 Å². The Morgan fingerprint density at radius 1 is 1.27 bits per heavy atom. The molecule has 0 radical (unpaired) electrons. The molecule has 0 fully saturated rings. The molecule has 1 rings (SSSR count). The number of halogens is 2. The molecule has 0 aliphatic heterocycles. The second kappa shape index (κ2) is 5.80. The number of anilines is 1. The summed E-state index contributed by atoms with van der Waals surface area (Å²) in [5.74, 6) is 0. The highest BCUT2D eigenvalue weighted by Gasteiger charge is 2.05. The minimum atomic E-state index is -0.205. The quantitative estimate of drug-likeness (QED) is 0.803. The Balaban J connectivity index is 0.00000196. The van der Waals surface area contributed by atoms with Gasteiger partial charge in [0.1, 0.15) is 0 Å². The minimum absolute atomic E-state index is 0. The first-order valence-electron chi connectivity index (χ1n) is 3.94. The fourth-order valence-electron chi connectivity index (χ4n) is 0.809. The third kappa shape index (κ3) is 3.95. The molecule has 0 unspecified atom stereocenters. The van der Waals surface area contributed by atoms with Gasteiger partial charge >= 0.3 is 6.03 Å². The first-order chi connectivity index (χ1) is 6.50. The van der Waals surface area contributed by atoms with Gasteiger partial charge < -0.3 is 16.4 Å². The van der Waals surface area contributed by atoms with E-state index in [1.165, 1.54) is 4.90 Å². The fourth-order valence-corrected chi connectivity index (χ4v) is 1.11. The second-order valence-electron chi connectivity index (χ2n) is 2.95. The number of carbonyl (C=O) groups excluding carboxylic acids is 1. The van der Waals surface area contributed by atoms with Gasteiger partial charge in [0.05, 0.1) is 10.0 Å². The molecule has 15 heavy (non-hydrogen) atoms. The second-order valence-corrected chi connectivity index (χ2v) is 3.77. The van der Waals surface area contributed by atoms with Crippen LogP contribution in [0.25, 0.3) is 0 Å². The maximum atomic E-state index is 11.2. The largest absolute Gasteiger partial charge is 0.344 e. The summed E-state index contributed by atoms with van der Waals surface area (Å²) in [4.78, 5) is 12.7. The van der Waals surface area contributed by atoms with Crippen molar-refractivity contribution in [2.45, 2.75) is 0 Å². The van der Waals surface area contributed by atoms with Crippen molar-refractivity contribution >= 4 is 34.9 Å². The average molecular weight is 250 g/mol. The van der Waals surface area contributed by atoms with E-state index in [0.29, 0.717) is 15.7 Å². The van der Waals surface area contributed by atoms with Gasteiger partial charge in [0, 0.05) is 19.8 Å². The SMILES string of the molecule is CN(C)C(=O)Nc1ccc(Cl)c(Cl)c1.N. The van der Waals surface area contributed by atoms with E-state index in [1.807, 2.05) is 0 Å². The van der Waals surface area contributed by atoms with Gasteiger partial charge in [-0.15, -0.1) is 0 Å². The van der Waals surface area contributed by atoms with Gasteiger partial charge in [-0.2, -0.15) is 0 Å². The lowest BCUT2D eigenvalue weighted by Gasteiger charge is -2.12. The molecule has 0 aromatic heterocycles. The fraction of sp³-hybridized carbons (Fsp3) is 0.222. The van der Waals surface area contributed by atoms with E-state index in [4.69, 9.17) is 23.2 Å². The highest BCUT2D eigenvalue weighted by atomic mass is 35.5. The van der Waals surface area contributed by atoms with Gasteiger partial charge in [-0.3, -0.25) is 0 Å². The van der Waals surface area contributed by atoms with E-state index in [9.17, 15) is 4.79 Å². The van der Waals surface area contributed by atoms with Crippen LogP contribution in [0, 0.1) is 0 Å². The Bertz CT molecular complexity index is 355. The number of rotatable bonds is 1. The van der Waals surface area contributed by atoms with Crippen LogP contribution in [0.3, 0.4) is 0 Å². The van der Waals surface area contributed by atoms with Crippen LogP contribution in [-0.2, 0) is 0 Å². The number of carbonyl (C=O) groups is 1. The molecule has 0 atom stereocenters. The van der Waals surface area contributed by atoms with E-state index in [0.717, 1.165) is 0 Å². The maximum Gasteiger partial charge on any atom is 0.321 e. The van der Waals surface area contributed by atoms with Crippen LogP contribution in [0.5, 0.6) is 0 Å². The molecule has 0 saturated heterocycles. The summed E-state index contributed by atoms with van der Waals surface area (Å²) in [6.45, 7) is 0. The Hall–Kier alpha value is -0.970. The van der Waals surface area contributed by atoms with Crippen LogP contribution in [0.4, 0.5) is 10.5 Å². The zero-order chi connectivity index (χ0) is 10.7. The molecule has 0 bridgehead atoms.